The number of ether oxygens (including phenoxy) is 1. The van der Waals surface area contributed by atoms with Crippen LogP contribution in [0.25, 0.3) is 5.69 Å². The van der Waals surface area contributed by atoms with Gasteiger partial charge in [0, 0.05) is 12.0 Å². The van der Waals surface area contributed by atoms with E-state index >= 15 is 0 Å². The van der Waals surface area contributed by atoms with Crippen molar-refractivity contribution in [2.75, 3.05) is 5.32 Å². The number of amides is 1. The molecule has 1 amide bonds. The quantitative estimate of drug-likeness (QED) is 0.617. The van der Waals surface area contributed by atoms with Crippen LogP contribution in [0.4, 0.5) is 14.5 Å². The molecule has 3 aromatic rings. The van der Waals surface area contributed by atoms with Crippen LogP contribution in [0.3, 0.4) is 0 Å². The molecule has 0 saturated heterocycles. The predicted molar refractivity (Wildman–Crippen MR) is 105 cm³/mol. The third kappa shape index (κ3) is 4.22. The van der Waals surface area contributed by atoms with E-state index in [4.69, 9.17) is 4.74 Å². The van der Waals surface area contributed by atoms with Crippen LogP contribution in [-0.2, 0) is 9.53 Å². The molecule has 1 heterocycles. The number of hydrogen-bond acceptors (Lipinski definition) is 4. The van der Waals surface area contributed by atoms with Gasteiger partial charge in [0.05, 0.1) is 17.1 Å². The lowest BCUT2D eigenvalue weighted by Crippen LogP contribution is -2.31. The van der Waals surface area contributed by atoms with Gasteiger partial charge in [-0.1, -0.05) is 18.2 Å². The smallest absolute Gasteiger partial charge is 0.357 e. The van der Waals surface area contributed by atoms with Crippen molar-refractivity contribution in [2.45, 2.75) is 31.8 Å². The van der Waals surface area contributed by atoms with Gasteiger partial charge in [-0.15, -0.1) is 0 Å². The number of halogens is 2. The summed E-state index contributed by atoms with van der Waals surface area (Å²) in [5.41, 5.74) is 1.50. The van der Waals surface area contributed by atoms with Gasteiger partial charge in [0.15, 0.2) is 11.8 Å². The Morgan fingerprint density at radius 2 is 1.87 bits per heavy atom. The van der Waals surface area contributed by atoms with Gasteiger partial charge < -0.3 is 10.1 Å². The SMILES string of the molecule is C[C@@H](OC(=O)c1cc(C2CC2)nn1-c1ccccc1)C(=O)Nc1ccc(F)cc1F. The lowest BCUT2D eigenvalue weighted by atomic mass is 10.2. The van der Waals surface area contributed by atoms with Crippen LogP contribution in [0.15, 0.2) is 54.6 Å². The Kier molecular flexibility index (Phi) is 5.31. The van der Waals surface area contributed by atoms with E-state index in [1.54, 1.807) is 6.07 Å². The van der Waals surface area contributed by atoms with Crippen molar-refractivity contribution >= 4 is 17.6 Å². The topological polar surface area (TPSA) is 73.2 Å². The third-order valence-electron chi connectivity index (χ3n) is 4.78. The Morgan fingerprint density at radius 3 is 2.53 bits per heavy atom. The molecule has 1 aliphatic carbocycles. The summed E-state index contributed by atoms with van der Waals surface area (Å²) >= 11 is 0. The molecule has 0 bridgehead atoms. The van der Waals surface area contributed by atoms with E-state index in [9.17, 15) is 18.4 Å². The van der Waals surface area contributed by atoms with E-state index in [1.165, 1.54) is 11.6 Å². The molecule has 4 rings (SSSR count). The van der Waals surface area contributed by atoms with Gasteiger partial charge in [-0.05, 0) is 50.1 Å². The number of carbonyl (C=O) groups excluding carboxylic acids is 2. The van der Waals surface area contributed by atoms with Gasteiger partial charge in [0.25, 0.3) is 5.91 Å². The van der Waals surface area contributed by atoms with E-state index in [-0.39, 0.29) is 11.4 Å². The van der Waals surface area contributed by atoms with Gasteiger partial charge in [-0.3, -0.25) is 4.79 Å². The fourth-order valence-corrected chi connectivity index (χ4v) is 2.99. The number of esters is 1. The molecule has 1 aliphatic rings. The number of carbonyl (C=O) groups is 2. The molecule has 1 N–H and O–H groups in total. The molecule has 2 aromatic carbocycles. The molecular formula is C22H19F2N3O3. The molecule has 0 unspecified atom stereocenters. The summed E-state index contributed by atoms with van der Waals surface area (Å²) in [6.45, 7) is 1.37. The van der Waals surface area contributed by atoms with Crippen LogP contribution in [0, 0.1) is 11.6 Å². The number of nitrogens with one attached hydrogen (secondary N) is 1. The van der Waals surface area contributed by atoms with Crippen LogP contribution in [0.2, 0.25) is 0 Å². The fraction of sp³-hybridized carbons (Fsp3) is 0.227. The van der Waals surface area contributed by atoms with Gasteiger partial charge >= 0.3 is 5.97 Å². The molecule has 8 heteroatoms. The third-order valence-corrected chi connectivity index (χ3v) is 4.78. The zero-order valence-electron chi connectivity index (χ0n) is 16.1. The van der Waals surface area contributed by atoms with Crippen LogP contribution in [-0.4, -0.2) is 27.8 Å². The first-order valence-electron chi connectivity index (χ1n) is 9.54. The molecular weight excluding hydrogens is 392 g/mol. The minimum absolute atomic E-state index is 0.199. The monoisotopic (exact) mass is 411 g/mol. The maximum atomic E-state index is 13.8. The van der Waals surface area contributed by atoms with E-state index in [0.717, 1.165) is 30.7 Å². The van der Waals surface area contributed by atoms with Crippen molar-refractivity contribution in [1.29, 1.82) is 0 Å². The molecule has 30 heavy (non-hydrogen) atoms. The highest BCUT2D eigenvalue weighted by atomic mass is 19.1. The fourth-order valence-electron chi connectivity index (χ4n) is 2.99. The van der Waals surface area contributed by atoms with Gasteiger partial charge in [0.2, 0.25) is 0 Å². The standard InChI is InChI=1S/C22H19F2N3O3/c1-13(21(28)25-18-10-9-15(23)11-17(18)24)30-22(29)20-12-19(14-7-8-14)26-27(20)16-5-3-2-4-6-16/h2-6,9-14H,7-8H2,1H3,(H,25,28)/t13-/m1/s1. The first-order chi connectivity index (χ1) is 14.4. The molecule has 0 aliphatic heterocycles. The van der Waals surface area contributed by atoms with E-state index in [0.29, 0.717) is 17.7 Å². The molecule has 0 spiro atoms. The number of hydrogen-bond donors (Lipinski definition) is 1. The van der Waals surface area contributed by atoms with Crippen molar-refractivity contribution in [2.24, 2.45) is 0 Å². The highest BCUT2D eigenvalue weighted by molar-refractivity contribution is 5.97. The molecule has 1 fully saturated rings. The summed E-state index contributed by atoms with van der Waals surface area (Å²) in [6.07, 6.45) is 0.829. The molecule has 154 valence electrons. The Morgan fingerprint density at radius 1 is 1.13 bits per heavy atom. The summed E-state index contributed by atoms with van der Waals surface area (Å²) < 4.78 is 33.6. The summed E-state index contributed by atoms with van der Waals surface area (Å²) in [5, 5.41) is 6.83. The number of anilines is 1. The summed E-state index contributed by atoms with van der Waals surface area (Å²) in [7, 11) is 0. The normalized spacial score (nSPS) is 14.2. The summed E-state index contributed by atoms with van der Waals surface area (Å²) in [6, 6.07) is 13.6. The maximum absolute atomic E-state index is 13.8. The lowest BCUT2D eigenvalue weighted by Gasteiger charge is -2.14. The highest BCUT2D eigenvalue weighted by Gasteiger charge is 2.30. The Hall–Kier alpha value is -3.55. The minimum atomic E-state index is -1.20. The number of rotatable bonds is 6. The Labute approximate surface area is 171 Å². The average Bonchev–Trinajstić information content (AvgIpc) is 3.48. The molecule has 1 aromatic heterocycles. The second-order valence-corrected chi connectivity index (χ2v) is 7.14. The van der Waals surface area contributed by atoms with Crippen molar-refractivity contribution in [1.82, 2.24) is 9.78 Å². The Bertz CT molecular complexity index is 1090. The van der Waals surface area contributed by atoms with Gasteiger partial charge in [-0.2, -0.15) is 5.10 Å². The molecule has 1 saturated carbocycles. The molecule has 1 atom stereocenters. The second kappa shape index (κ2) is 8.06. The first kappa shape index (κ1) is 19.8. The van der Waals surface area contributed by atoms with Gasteiger partial charge in [0.1, 0.15) is 11.6 Å². The number of benzene rings is 2. The van der Waals surface area contributed by atoms with Crippen LogP contribution in [0.1, 0.15) is 41.9 Å². The minimum Gasteiger partial charge on any atom is -0.448 e. The predicted octanol–water partition coefficient (Wildman–Crippen LogP) is 4.21. The number of nitrogens with zero attached hydrogens (tertiary/aromatic N) is 2. The van der Waals surface area contributed by atoms with Crippen LogP contribution >= 0.6 is 0 Å². The van der Waals surface area contributed by atoms with Crippen LogP contribution < -0.4 is 5.32 Å². The number of para-hydroxylation sites is 1. The highest BCUT2D eigenvalue weighted by Crippen LogP contribution is 2.39. The molecule has 6 nitrogen and oxygen atoms in total. The van der Waals surface area contributed by atoms with Crippen molar-refractivity contribution < 1.29 is 23.1 Å². The van der Waals surface area contributed by atoms with Crippen molar-refractivity contribution in [3.8, 4) is 5.69 Å². The van der Waals surface area contributed by atoms with E-state index in [2.05, 4.69) is 10.4 Å². The lowest BCUT2D eigenvalue weighted by molar-refractivity contribution is -0.123. The van der Waals surface area contributed by atoms with Gasteiger partial charge in [-0.25, -0.2) is 18.3 Å². The maximum Gasteiger partial charge on any atom is 0.357 e. The number of aromatic nitrogens is 2. The van der Waals surface area contributed by atoms with E-state index < -0.39 is 29.6 Å². The van der Waals surface area contributed by atoms with E-state index in [1.807, 2.05) is 30.3 Å². The summed E-state index contributed by atoms with van der Waals surface area (Å²) in [4.78, 5) is 25.1. The second-order valence-electron chi connectivity index (χ2n) is 7.14. The van der Waals surface area contributed by atoms with Crippen LogP contribution in [0.5, 0.6) is 0 Å². The van der Waals surface area contributed by atoms with Crippen molar-refractivity contribution in [3.05, 3.63) is 77.6 Å². The summed E-state index contributed by atoms with van der Waals surface area (Å²) in [5.74, 6) is -2.81. The molecule has 0 radical (unpaired) electrons. The largest absolute Gasteiger partial charge is 0.448 e. The Balaban J connectivity index is 1.51. The first-order valence-corrected chi connectivity index (χ1v) is 9.54. The zero-order valence-corrected chi connectivity index (χ0v) is 16.1. The average molecular weight is 411 g/mol. The zero-order chi connectivity index (χ0) is 21.3. The van der Waals surface area contributed by atoms with Crippen molar-refractivity contribution in [3.63, 3.8) is 0 Å².